The van der Waals surface area contributed by atoms with Crippen LogP contribution in [0.25, 0.3) is 0 Å². The van der Waals surface area contributed by atoms with E-state index in [4.69, 9.17) is 16.8 Å². The van der Waals surface area contributed by atoms with E-state index in [1.54, 1.807) is 13.8 Å². The van der Waals surface area contributed by atoms with Gasteiger partial charge >= 0.3 is 6.18 Å². The fourth-order valence-electron chi connectivity index (χ4n) is 2.51. The van der Waals surface area contributed by atoms with Gasteiger partial charge < -0.3 is 5.21 Å². The first-order chi connectivity index (χ1) is 13.1. The van der Waals surface area contributed by atoms with Gasteiger partial charge in [0.05, 0.1) is 28.4 Å². The minimum Gasteiger partial charge on any atom is -0.411 e. The van der Waals surface area contributed by atoms with Crippen molar-refractivity contribution >= 4 is 39.2 Å². The quantitative estimate of drug-likeness (QED) is 0.380. The lowest BCUT2D eigenvalue weighted by Crippen LogP contribution is -2.29. The average molecular weight is 456 g/mol. The molecule has 0 bridgehead atoms. The topological polar surface area (TPSA) is 82.9 Å². The van der Waals surface area contributed by atoms with Crippen LogP contribution in [0.2, 0.25) is 5.02 Å². The summed E-state index contributed by atoms with van der Waals surface area (Å²) < 4.78 is 65.1. The Hall–Kier alpha value is -1.69. The Morgan fingerprint density at radius 2 is 2.00 bits per heavy atom. The van der Waals surface area contributed by atoms with Gasteiger partial charge in [0.2, 0.25) is 0 Å². The van der Waals surface area contributed by atoms with Crippen LogP contribution < -0.4 is 0 Å². The largest absolute Gasteiger partial charge is 0.417 e. The third kappa shape index (κ3) is 4.65. The number of alkyl halides is 3. The molecule has 1 atom stereocenters. The smallest absolute Gasteiger partial charge is 0.411 e. The Morgan fingerprint density at radius 1 is 1.36 bits per heavy atom. The molecule has 0 fully saturated rings. The summed E-state index contributed by atoms with van der Waals surface area (Å²) in [6.07, 6.45) is -2.95. The third-order valence-electron chi connectivity index (χ3n) is 3.92. The number of pyridine rings is 1. The molecule has 2 aromatic rings. The van der Waals surface area contributed by atoms with Crippen molar-refractivity contribution in [3.8, 4) is 0 Å². The van der Waals surface area contributed by atoms with Gasteiger partial charge in [-0.15, -0.1) is 16.5 Å². The van der Waals surface area contributed by atoms with Crippen LogP contribution in [-0.2, 0) is 16.2 Å². The molecule has 0 saturated heterocycles. The summed E-state index contributed by atoms with van der Waals surface area (Å²) in [7, 11) is -3.70. The lowest BCUT2D eigenvalue weighted by Gasteiger charge is -2.17. The van der Waals surface area contributed by atoms with Gasteiger partial charge in [-0.3, -0.25) is 4.98 Å². The minimum absolute atomic E-state index is 0.0149. The van der Waals surface area contributed by atoms with Gasteiger partial charge in [-0.1, -0.05) is 25.4 Å². The van der Waals surface area contributed by atoms with E-state index in [2.05, 4.69) is 10.1 Å². The second-order valence-electron chi connectivity index (χ2n) is 5.58. The lowest BCUT2D eigenvalue weighted by molar-refractivity contribution is -0.137. The molecule has 0 radical (unpaired) electrons. The fraction of sp³-hybridized carbons (Fsp3) is 0.375. The Bertz CT molecular complexity index is 958. The Morgan fingerprint density at radius 3 is 2.50 bits per heavy atom. The third-order valence-corrected chi connectivity index (χ3v) is 7.90. The maximum Gasteiger partial charge on any atom is 0.417 e. The number of sulfonamides is 1. The van der Waals surface area contributed by atoms with E-state index in [9.17, 15) is 21.6 Å². The summed E-state index contributed by atoms with van der Waals surface area (Å²) in [5, 5.41) is 11.6. The summed E-state index contributed by atoms with van der Waals surface area (Å²) in [4.78, 5) is 4.17. The van der Waals surface area contributed by atoms with Crippen molar-refractivity contribution < 1.29 is 26.8 Å². The van der Waals surface area contributed by atoms with E-state index < -0.39 is 27.7 Å². The summed E-state index contributed by atoms with van der Waals surface area (Å²) in [6.45, 7) is 4.01. The number of hydrogen-bond donors (Lipinski definition) is 1. The normalized spacial score (nSPS) is 14.1. The number of oxime groups is 1. The van der Waals surface area contributed by atoms with Gasteiger partial charge in [-0.05, 0) is 18.2 Å². The number of nitrogens with zero attached hydrogens (tertiary/aromatic N) is 3. The van der Waals surface area contributed by atoms with E-state index in [1.807, 2.05) is 0 Å². The predicted molar refractivity (Wildman–Crippen MR) is 101 cm³/mol. The van der Waals surface area contributed by atoms with Gasteiger partial charge in [-0.2, -0.15) is 17.5 Å². The maximum atomic E-state index is 12.8. The second-order valence-corrected chi connectivity index (χ2v) is 9.26. The van der Waals surface area contributed by atoms with Crippen LogP contribution >= 0.6 is 22.9 Å². The molecule has 0 spiro atoms. The first-order valence-electron chi connectivity index (χ1n) is 8.06. The number of rotatable bonds is 7. The van der Waals surface area contributed by atoms with Crippen LogP contribution in [0.5, 0.6) is 0 Å². The average Bonchev–Trinajstić information content (AvgIpc) is 3.10. The van der Waals surface area contributed by atoms with Gasteiger partial charge in [0, 0.05) is 24.2 Å². The highest BCUT2D eigenvalue weighted by atomic mass is 35.5. The molecule has 0 aliphatic heterocycles. The Kier molecular flexibility index (Phi) is 7.07. The van der Waals surface area contributed by atoms with Crippen LogP contribution in [0.4, 0.5) is 13.2 Å². The van der Waals surface area contributed by atoms with E-state index in [1.165, 1.54) is 16.4 Å². The van der Waals surface area contributed by atoms with Crippen LogP contribution in [0.1, 0.15) is 35.9 Å². The molecule has 2 aromatic heterocycles. The molecular formula is C16H17ClF3N3O3S2. The minimum atomic E-state index is -4.61. The summed E-state index contributed by atoms with van der Waals surface area (Å²) in [6, 6.07) is 3.61. The number of aromatic nitrogens is 1. The van der Waals surface area contributed by atoms with Crippen LogP contribution in [-0.4, -0.2) is 42.2 Å². The predicted octanol–water partition coefficient (Wildman–Crippen LogP) is 4.44. The molecule has 6 nitrogen and oxygen atoms in total. The highest BCUT2D eigenvalue weighted by Gasteiger charge is 2.33. The second kappa shape index (κ2) is 8.76. The molecule has 28 heavy (non-hydrogen) atoms. The van der Waals surface area contributed by atoms with E-state index in [0.29, 0.717) is 24.2 Å². The molecule has 0 aliphatic rings. The summed E-state index contributed by atoms with van der Waals surface area (Å²) in [5.41, 5.74) is -1.00. The number of thiophene rings is 1. The molecule has 154 valence electrons. The van der Waals surface area contributed by atoms with Gasteiger partial charge in [0.25, 0.3) is 10.0 Å². The summed E-state index contributed by atoms with van der Waals surface area (Å²) >= 11 is 6.89. The van der Waals surface area contributed by atoms with Crippen LogP contribution in [0.15, 0.2) is 33.8 Å². The molecule has 0 saturated carbocycles. The molecule has 2 rings (SSSR count). The maximum absolute atomic E-state index is 12.8. The zero-order valence-corrected chi connectivity index (χ0v) is 17.2. The van der Waals surface area contributed by atoms with Gasteiger partial charge in [-0.25, -0.2) is 8.42 Å². The highest BCUT2D eigenvalue weighted by Crippen LogP contribution is 2.37. The first kappa shape index (κ1) is 22.6. The van der Waals surface area contributed by atoms with Crippen molar-refractivity contribution in [3.63, 3.8) is 0 Å². The number of halogens is 4. The molecular weight excluding hydrogens is 439 g/mol. The molecule has 0 aliphatic carbocycles. The van der Waals surface area contributed by atoms with Gasteiger partial charge in [0.1, 0.15) is 4.21 Å². The van der Waals surface area contributed by atoms with E-state index in [-0.39, 0.29) is 14.9 Å². The zero-order chi connectivity index (χ0) is 21.1. The summed E-state index contributed by atoms with van der Waals surface area (Å²) in [5.74, 6) is -0.912. The van der Waals surface area contributed by atoms with Crippen LogP contribution in [0, 0.1) is 0 Å². The van der Waals surface area contributed by atoms with Crippen LogP contribution in [0.3, 0.4) is 0 Å². The molecule has 2 heterocycles. The zero-order valence-electron chi connectivity index (χ0n) is 14.8. The van der Waals surface area contributed by atoms with Crippen molar-refractivity contribution in [2.45, 2.75) is 30.2 Å². The highest BCUT2D eigenvalue weighted by molar-refractivity contribution is 7.91. The Balaban J connectivity index is 2.48. The van der Waals surface area contributed by atoms with Crippen molar-refractivity contribution in [2.24, 2.45) is 5.16 Å². The standard InChI is InChI=1S/C16H17ClF3N3O3S2/c1-3-23(4-2)28(25,26)14-6-5-13(27-14)11(9-22-24)15-12(17)7-10(8-21-15)16(18,19)20/h5-9,11,24H,3-4H2,1-2H3/b22-9-/t11-/m1/s1. The van der Waals surface area contributed by atoms with Crippen molar-refractivity contribution in [1.82, 2.24) is 9.29 Å². The first-order valence-corrected chi connectivity index (χ1v) is 10.7. The molecule has 12 heteroatoms. The number of hydrogen-bond acceptors (Lipinski definition) is 6. The monoisotopic (exact) mass is 455 g/mol. The SMILES string of the molecule is CCN(CC)S(=O)(=O)c1ccc([C@@H](/C=N\O)c2ncc(C(F)(F)F)cc2Cl)s1. The van der Waals surface area contributed by atoms with Crippen molar-refractivity contribution in [3.05, 3.63) is 45.6 Å². The van der Waals surface area contributed by atoms with E-state index in [0.717, 1.165) is 23.6 Å². The van der Waals surface area contributed by atoms with Crippen molar-refractivity contribution in [1.29, 1.82) is 0 Å². The lowest BCUT2D eigenvalue weighted by atomic mass is 10.0. The van der Waals surface area contributed by atoms with Crippen molar-refractivity contribution in [2.75, 3.05) is 13.1 Å². The molecule has 0 aromatic carbocycles. The van der Waals surface area contributed by atoms with Gasteiger partial charge in [0.15, 0.2) is 0 Å². The fourth-order valence-corrected chi connectivity index (χ4v) is 5.80. The van der Waals surface area contributed by atoms with E-state index >= 15 is 0 Å². The Labute approximate surface area is 169 Å². The molecule has 0 amide bonds. The molecule has 1 N–H and O–H groups in total. The molecule has 0 unspecified atom stereocenters.